The van der Waals surface area contributed by atoms with Gasteiger partial charge >= 0.3 is 5.97 Å². The number of benzene rings is 1. The van der Waals surface area contributed by atoms with Crippen molar-refractivity contribution in [3.8, 4) is 5.88 Å². The third-order valence-corrected chi connectivity index (χ3v) is 8.70. The lowest BCUT2D eigenvalue weighted by atomic mass is 9.90. The van der Waals surface area contributed by atoms with Gasteiger partial charge in [0.2, 0.25) is 5.88 Å². The van der Waals surface area contributed by atoms with Crippen molar-refractivity contribution in [1.82, 2.24) is 15.0 Å². The Morgan fingerprint density at radius 1 is 1.24 bits per heavy atom. The summed E-state index contributed by atoms with van der Waals surface area (Å²) in [7, 11) is 0. The van der Waals surface area contributed by atoms with Crippen LogP contribution in [0.4, 0.5) is 20.3 Å². The minimum absolute atomic E-state index is 0.0114. The Balaban J connectivity index is 1.24. The zero-order chi connectivity index (χ0) is 29.2. The summed E-state index contributed by atoms with van der Waals surface area (Å²) in [6, 6.07) is 7.69. The number of aromatic nitrogens is 3. The molecule has 0 aliphatic carbocycles. The first kappa shape index (κ1) is 27.2. The second-order valence-electron chi connectivity index (χ2n) is 10.7. The first-order valence-electron chi connectivity index (χ1n) is 13.5. The molecule has 3 aromatic heterocycles. The van der Waals surface area contributed by atoms with Gasteiger partial charge in [0.1, 0.15) is 34.5 Å². The standard InChI is InChI=1S/C28H26BrF2N5O6/c1-14-28(12-39-13-28)40-7-6-35(14)18-8-15(29)10-32-26(18)41-16-9-19(27(37)38)36(11-16)25-22-21(33-24(34-25)23(30)31)17-4-2-3-5-20(17)42-22/h2-5,8,10,14,16,19,23H,6-7,9,11-13H2,1H3,(H,37,38)/t14-,16-,19-/m0/s1. The molecule has 1 aromatic carbocycles. The molecule has 220 valence electrons. The van der Waals surface area contributed by atoms with Gasteiger partial charge in [-0.25, -0.2) is 28.5 Å². The number of furan rings is 1. The average Bonchev–Trinajstić information content (AvgIpc) is 3.54. The van der Waals surface area contributed by atoms with E-state index in [1.165, 1.54) is 4.90 Å². The zero-order valence-electron chi connectivity index (χ0n) is 22.4. The highest BCUT2D eigenvalue weighted by Crippen LogP contribution is 2.41. The number of aliphatic carboxylic acids is 1. The van der Waals surface area contributed by atoms with E-state index in [9.17, 15) is 18.7 Å². The number of carbonyl (C=O) groups is 1. The Kier molecular flexibility index (Phi) is 6.66. The average molecular weight is 646 g/mol. The lowest BCUT2D eigenvalue weighted by Gasteiger charge is -2.53. The van der Waals surface area contributed by atoms with Crippen LogP contribution >= 0.6 is 15.9 Å². The smallest absolute Gasteiger partial charge is 0.326 e. The van der Waals surface area contributed by atoms with Crippen LogP contribution in [0, 0.1) is 0 Å². The van der Waals surface area contributed by atoms with Crippen LogP contribution in [0.1, 0.15) is 25.6 Å². The minimum atomic E-state index is -2.96. The fourth-order valence-electron chi connectivity index (χ4n) is 6.01. The molecule has 0 radical (unpaired) electrons. The van der Waals surface area contributed by atoms with E-state index in [0.717, 1.165) is 10.2 Å². The molecule has 3 aliphatic rings. The van der Waals surface area contributed by atoms with Crippen molar-refractivity contribution in [1.29, 1.82) is 0 Å². The molecule has 0 unspecified atom stereocenters. The maximum absolute atomic E-state index is 13.9. The van der Waals surface area contributed by atoms with Crippen molar-refractivity contribution in [2.75, 3.05) is 42.7 Å². The van der Waals surface area contributed by atoms with E-state index in [1.807, 2.05) is 6.07 Å². The number of fused-ring (bicyclic) bond motifs is 3. The van der Waals surface area contributed by atoms with E-state index < -0.39 is 36.0 Å². The van der Waals surface area contributed by atoms with Crippen molar-refractivity contribution < 1.29 is 37.3 Å². The molecule has 42 heavy (non-hydrogen) atoms. The molecule has 3 fully saturated rings. The Bertz CT molecular complexity index is 1680. The molecule has 11 nitrogen and oxygen atoms in total. The molecule has 1 spiro atoms. The van der Waals surface area contributed by atoms with Gasteiger partial charge in [-0.15, -0.1) is 0 Å². The maximum Gasteiger partial charge on any atom is 0.326 e. The number of rotatable bonds is 6. The molecule has 14 heteroatoms. The van der Waals surface area contributed by atoms with Crippen LogP contribution in [-0.2, 0) is 14.3 Å². The molecule has 0 amide bonds. The number of ether oxygens (including phenoxy) is 3. The summed E-state index contributed by atoms with van der Waals surface area (Å²) in [6.07, 6.45) is -1.92. The molecule has 7 rings (SSSR count). The predicted molar refractivity (Wildman–Crippen MR) is 150 cm³/mol. The second kappa shape index (κ2) is 10.3. The van der Waals surface area contributed by atoms with Gasteiger partial charge in [-0.1, -0.05) is 12.1 Å². The van der Waals surface area contributed by atoms with Crippen LogP contribution < -0.4 is 14.5 Å². The summed E-state index contributed by atoms with van der Waals surface area (Å²) >= 11 is 3.51. The number of hydrogen-bond donors (Lipinski definition) is 1. The van der Waals surface area contributed by atoms with Crippen LogP contribution in [0.25, 0.3) is 22.1 Å². The molecular weight excluding hydrogens is 620 g/mol. The first-order chi connectivity index (χ1) is 20.2. The number of carboxylic acid groups (broad SMARTS) is 1. The van der Waals surface area contributed by atoms with Crippen molar-refractivity contribution >= 4 is 55.5 Å². The van der Waals surface area contributed by atoms with Crippen molar-refractivity contribution in [2.45, 2.75) is 43.6 Å². The lowest BCUT2D eigenvalue weighted by Crippen LogP contribution is -2.68. The Morgan fingerprint density at radius 3 is 2.79 bits per heavy atom. The number of anilines is 2. The fraction of sp³-hybridized carbons (Fsp3) is 0.429. The Morgan fingerprint density at radius 2 is 2.05 bits per heavy atom. The van der Waals surface area contributed by atoms with Crippen molar-refractivity contribution in [2.24, 2.45) is 0 Å². The zero-order valence-corrected chi connectivity index (χ0v) is 24.0. The van der Waals surface area contributed by atoms with Crippen LogP contribution in [-0.4, -0.2) is 82.7 Å². The van der Waals surface area contributed by atoms with E-state index >= 15 is 0 Å². The molecule has 3 aliphatic heterocycles. The SMILES string of the molecule is C[C@@H]1N(c2cc(Br)cnc2O[C@H]2C[C@@H](C(=O)O)N(c3nc(C(F)F)nc4c3oc3ccccc34)C2)CCOC12COC2. The van der Waals surface area contributed by atoms with Crippen LogP contribution in [0.15, 0.2) is 45.4 Å². The Hall–Kier alpha value is -3.62. The first-order valence-corrected chi connectivity index (χ1v) is 14.3. The van der Waals surface area contributed by atoms with Gasteiger partial charge in [-0.05, 0) is 41.1 Å². The highest BCUT2D eigenvalue weighted by molar-refractivity contribution is 9.10. The highest BCUT2D eigenvalue weighted by Gasteiger charge is 2.50. The summed E-state index contributed by atoms with van der Waals surface area (Å²) in [5.41, 5.74) is 1.10. The summed E-state index contributed by atoms with van der Waals surface area (Å²) in [5, 5.41) is 10.7. The number of para-hydroxylation sites is 1. The van der Waals surface area contributed by atoms with E-state index in [1.54, 1.807) is 30.5 Å². The molecule has 4 aromatic rings. The van der Waals surface area contributed by atoms with Gasteiger partial charge < -0.3 is 33.5 Å². The molecule has 0 bridgehead atoms. The number of nitrogens with zero attached hydrogens (tertiary/aromatic N) is 5. The summed E-state index contributed by atoms with van der Waals surface area (Å²) < 4.78 is 52.5. The number of carboxylic acids is 1. The van der Waals surface area contributed by atoms with Crippen LogP contribution in [0.5, 0.6) is 5.88 Å². The maximum atomic E-state index is 13.9. The normalized spacial score (nSPS) is 23.7. The number of pyridine rings is 1. The van der Waals surface area contributed by atoms with Crippen molar-refractivity contribution in [3.63, 3.8) is 0 Å². The molecule has 6 heterocycles. The number of halogens is 3. The van der Waals surface area contributed by atoms with Crippen molar-refractivity contribution in [3.05, 3.63) is 46.8 Å². The summed E-state index contributed by atoms with van der Waals surface area (Å²) in [6.45, 7) is 4.22. The quantitative estimate of drug-likeness (QED) is 0.317. The van der Waals surface area contributed by atoms with Gasteiger partial charge in [0.05, 0.1) is 32.4 Å². The highest BCUT2D eigenvalue weighted by atomic mass is 79.9. The van der Waals surface area contributed by atoms with Gasteiger partial charge in [0, 0.05) is 29.0 Å². The molecule has 3 saturated heterocycles. The van der Waals surface area contributed by atoms with Crippen LogP contribution in [0.2, 0.25) is 0 Å². The third kappa shape index (κ3) is 4.43. The predicted octanol–water partition coefficient (Wildman–Crippen LogP) is 4.58. The molecule has 1 N–H and O–H groups in total. The molecule has 0 saturated carbocycles. The van der Waals surface area contributed by atoms with Gasteiger partial charge in [0.15, 0.2) is 17.2 Å². The van der Waals surface area contributed by atoms with E-state index in [2.05, 4.69) is 42.7 Å². The number of alkyl halides is 2. The van der Waals surface area contributed by atoms with E-state index in [-0.39, 0.29) is 35.9 Å². The molecule has 3 atom stereocenters. The summed E-state index contributed by atoms with van der Waals surface area (Å²) in [4.78, 5) is 28.7. The van der Waals surface area contributed by atoms with Gasteiger partial charge in [0.25, 0.3) is 6.43 Å². The fourth-order valence-corrected chi connectivity index (χ4v) is 6.33. The van der Waals surface area contributed by atoms with Crippen LogP contribution in [0.3, 0.4) is 0 Å². The topological polar surface area (TPSA) is 123 Å². The Labute approximate surface area is 246 Å². The van der Waals surface area contributed by atoms with Gasteiger partial charge in [-0.2, -0.15) is 0 Å². The molecular formula is C28H26BrF2N5O6. The van der Waals surface area contributed by atoms with E-state index in [0.29, 0.717) is 43.2 Å². The van der Waals surface area contributed by atoms with E-state index in [4.69, 9.17) is 18.6 Å². The summed E-state index contributed by atoms with van der Waals surface area (Å²) in [5.74, 6) is -1.52. The largest absolute Gasteiger partial charge is 0.480 e. The lowest BCUT2D eigenvalue weighted by molar-refractivity contribution is -0.228. The van der Waals surface area contributed by atoms with Gasteiger partial charge in [-0.3, -0.25) is 0 Å². The second-order valence-corrected chi connectivity index (χ2v) is 11.6. The minimum Gasteiger partial charge on any atom is -0.480 e. The number of hydrogen-bond acceptors (Lipinski definition) is 10. The monoisotopic (exact) mass is 645 g/mol. The third-order valence-electron chi connectivity index (χ3n) is 8.26. The number of morpholine rings is 1.